The molecule has 27 heavy (non-hydrogen) atoms. The molecule has 0 unspecified atom stereocenters. The van der Waals surface area contributed by atoms with E-state index in [0.717, 1.165) is 45.0 Å². The standard InChI is InChI=1S/C23H34N2O2/c1-27-16-6-7-18-11-14-24(15-12-18)23(26)20-17-22(19-8-3-2-4-9-19)25-13-5-10-21(20)25/h2-4,8-9,18,20-22H,5-7,10-17H2,1H3/t20-,21+,22-/m1/s1. The van der Waals surface area contributed by atoms with E-state index in [-0.39, 0.29) is 5.92 Å². The maximum absolute atomic E-state index is 13.4. The van der Waals surface area contributed by atoms with Crippen LogP contribution in [-0.4, -0.2) is 55.1 Å². The van der Waals surface area contributed by atoms with Crippen LogP contribution in [0.4, 0.5) is 0 Å². The van der Waals surface area contributed by atoms with Crippen molar-refractivity contribution in [2.75, 3.05) is 33.4 Å². The van der Waals surface area contributed by atoms with Gasteiger partial charge in [0.05, 0.1) is 5.92 Å². The van der Waals surface area contributed by atoms with Crippen LogP contribution in [0.1, 0.15) is 56.6 Å². The maximum atomic E-state index is 13.4. The Kier molecular flexibility index (Phi) is 6.14. The molecule has 1 aromatic rings. The summed E-state index contributed by atoms with van der Waals surface area (Å²) in [6, 6.07) is 11.7. The van der Waals surface area contributed by atoms with Crippen LogP contribution < -0.4 is 0 Å². The monoisotopic (exact) mass is 370 g/mol. The molecule has 1 aromatic carbocycles. The van der Waals surface area contributed by atoms with E-state index in [1.54, 1.807) is 7.11 Å². The molecule has 3 aliphatic heterocycles. The normalized spacial score (nSPS) is 29.2. The highest BCUT2D eigenvalue weighted by molar-refractivity contribution is 5.80. The smallest absolute Gasteiger partial charge is 0.227 e. The van der Waals surface area contributed by atoms with E-state index in [1.165, 1.54) is 37.7 Å². The lowest BCUT2D eigenvalue weighted by atomic mass is 9.89. The molecular formula is C23H34N2O2. The molecule has 0 bridgehead atoms. The van der Waals surface area contributed by atoms with E-state index < -0.39 is 0 Å². The van der Waals surface area contributed by atoms with E-state index in [1.807, 2.05) is 0 Å². The van der Waals surface area contributed by atoms with Crippen molar-refractivity contribution in [2.24, 2.45) is 11.8 Å². The van der Waals surface area contributed by atoms with Crippen LogP contribution in [0.2, 0.25) is 0 Å². The molecule has 4 rings (SSSR count). The SMILES string of the molecule is COCCCC1CCN(C(=O)[C@@H]2C[C@H](c3ccccc3)N3CCC[C@@H]23)CC1. The second kappa shape index (κ2) is 8.74. The number of fused-ring (bicyclic) bond motifs is 1. The zero-order valence-corrected chi connectivity index (χ0v) is 16.7. The molecule has 0 N–H and O–H groups in total. The summed E-state index contributed by atoms with van der Waals surface area (Å²) >= 11 is 0. The summed E-state index contributed by atoms with van der Waals surface area (Å²) in [5, 5.41) is 0. The summed E-state index contributed by atoms with van der Waals surface area (Å²) in [6.07, 6.45) is 8.14. The second-order valence-electron chi connectivity index (χ2n) is 8.62. The number of likely N-dealkylation sites (tertiary alicyclic amines) is 1. The molecule has 1 amide bonds. The Balaban J connectivity index is 1.36. The highest BCUT2D eigenvalue weighted by Crippen LogP contribution is 2.45. The average molecular weight is 371 g/mol. The van der Waals surface area contributed by atoms with Gasteiger partial charge in [0.2, 0.25) is 5.91 Å². The fourth-order valence-corrected chi connectivity index (χ4v) is 5.63. The number of carbonyl (C=O) groups is 1. The lowest BCUT2D eigenvalue weighted by molar-refractivity contribution is -0.137. The highest BCUT2D eigenvalue weighted by Gasteiger charge is 2.48. The first kappa shape index (κ1) is 18.9. The van der Waals surface area contributed by atoms with Crippen LogP contribution in [0.15, 0.2) is 30.3 Å². The first-order chi connectivity index (χ1) is 13.3. The summed E-state index contributed by atoms with van der Waals surface area (Å²) in [7, 11) is 1.78. The Morgan fingerprint density at radius 2 is 1.89 bits per heavy atom. The predicted octanol–water partition coefficient (Wildman–Crippen LogP) is 3.88. The molecule has 0 saturated carbocycles. The van der Waals surface area contributed by atoms with Gasteiger partial charge < -0.3 is 9.64 Å². The van der Waals surface area contributed by atoms with Crippen LogP contribution in [-0.2, 0) is 9.53 Å². The number of rotatable bonds is 6. The van der Waals surface area contributed by atoms with Gasteiger partial charge in [-0.05, 0) is 63.0 Å². The third-order valence-corrected chi connectivity index (χ3v) is 7.07. The van der Waals surface area contributed by atoms with Gasteiger partial charge in [0.15, 0.2) is 0 Å². The fraction of sp³-hybridized carbons (Fsp3) is 0.696. The molecule has 148 valence electrons. The molecule has 3 atom stereocenters. The van der Waals surface area contributed by atoms with Gasteiger partial charge in [-0.2, -0.15) is 0 Å². The summed E-state index contributed by atoms with van der Waals surface area (Å²) < 4.78 is 5.18. The molecule has 4 nitrogen and oxygen atoms in total. The number of amides is 1. The largest absolute Gasteiger partial charge is 0.385 e. The highest BCUT2D eigenvalue weighted by atomic mass is 16.5. The summed E-state index contributed by atoms with van der Waals surface area (Å²) in [5.41, 5.74) is 1.39. The summed E-state index contributed by atoms with van der Waals surface area (Å²) in [4.78, 5) is 18.2. The van der Waals surface area contributed by atoms with Crippen molar-refractivity contribution < 1.29 is 9.53 Å². The van der Waals surface area contributed by atoms with Crippen molar-refractivity contribution in [3.8, 4) is 0 Å². The number of piperidine rings is 1. The number of ether oxygens (including phenoxy) is 1. The van der Waals surface area contributed by atoms with Gasteiger partial charge in [0.25, 0.3) is 0 Å². The fourth-order valence-electron chi connectivity index (χ4n) is 5.63. The van der Waals surface area contributed by atoms with E-state index in [4.69, 9.17) is 4.74 Å². The molecule has 3 heterocycles. The minimum Gasteiger partial charge on any atom is -0.385 e. The molecule has 0 spiro atoms. The van der Waals surface area contributed by atoms with Gasteiger partial charge >= 0.3 is 0 Å². The van der Waals surface area contributed by atoms with Crippen molar-refractivity contribution in [1.29, 1.82) is 0 Å². The Bertz CT molecular complexity index is 612. The minimum atomic E-state index is 0.197. The number of hydrogen-bond donors (Lipinski definition) is 0. The molecule has 0 aliphatic carbocycles. The average Bonchev–Trinajstić information content (AvgIpc) is 3.32. The van der Waals surface area contributed by atoms with Crippen molar-refractivity contribution in [3.63, 3.8) is 0 Å². The molecule has 3 fully saturated rings. The molecule has 0 aromatic heterocycles. The van der Waals surface area contributed by atoms with Crippen LogP contribution >= 0.6 is 0 Å². The molecule has 4 heteroatoms. The number of carbonyl (C=O) groups excluding carboxylic acids is 1. The number of hydrogen-bond acceptors (Lipinski definition) is 3. The lowest BCUT2D eigenvalue weighted by Gasteiger charge is -2.34. The van der Waals surface area contributed by atoms with E-state index in [2.05, 4.69) is 40.1 Å². The molecule has 3 saturated heterocycles. The number of nitrogens with zero attached hydrogens (tertiary/aromatic N) is 2. The molecule has 3 aliphatic rings. The second-order valence-corrected chi connectivity index (χ2v) is 8.62. The number of methoxy groups -OCH3 is 1. The van der Waals surface area contributed by atoms with Gasteiger partial charge in [-0.25, -0.2) is 0 Å². The lowest BCUT2D eigenvalue weighted by Crippen LogP contribution is -2.44. The summed E-state index contributed by atoms with van der Waals surface area (Å²) in [5.74, 6) is 1.40. The van der Waals surface area contributed by atoms with Crippen LogP contribution in [0, 0.1) is 11.8 Å². The quantitative estimate of drug-likeness (QED) is 0.713. The van der Waals surface area contributed by atoms with Crippen molar-refractivity contribution in [2.45, 2.75) is 57.0 Å². The Morgan fingerprint density at radius 1 is 1.11 bits per heavy atom. The first-order valence-electron chi connectivity index (χ1n) is 10.9. The van der Waals surface area contributed by atoms with Gasteiger partial charge in [0, 0.05) is 38.9 Å². The van der Waals surface area contributed by atoms with Gasteiger partial charge in [-0.3, -0.25) is 9.69 Å². The van der Waals surface area contributed by atoms with Crippen LogP contribution in [0.5, 0.6) is 0 Å². The zero-order valence-electron chi connectivity index (χ0n) is 16.7. The first-order valence-corrected chi connectivity index (χ1v) is 10.9. The summed E-state index contributed by atoms with van der Waals surface area (Å²) in [6.45, 7) is 3.92. The van der Waals surface area contributed by atoms with Gasteiger partial charge in [0.1, 0.15) is 0 Å². The Morgan fingerprint density at radius 3 is 2.63 bits per heavy atom. The Labute approximate surface area is 163 Å². The van der Waals surface area contributed by atoms with E-state index >= 15 is 0 Å². The van der Waals surface area contributed by atoms with E-state index in [9.17, 15) is 4.79 Å². The minimum absolute atomic E-state index is 0.197. The van der Waals surface area contributed by atoms with Crippen LogP contribution in [0.3, 0.4) is 0 Å². The van der Waals surface area contributed by atoms with Crippen LogP contribution in [0.25, 0.3) is 0 Å². The topological polar surface area (TPSA) is 32.8 Å². The zero-order chi connectivity index (χ0) is 18.6. The van der Waals surface area contributed by atoms with Gasteiger partial charge in [-0.15, -0.1) is 0 Å². The maximum Gasteiger partial charge on any atom is 0.227 e. The van der Waals surface area contributed by atoms with Crippen molar-refractivity contribution >= 4 is 5.91 Å². The predicted molar refractivity (Wildman–Crippen MR) is 107 cm³/mol. The number of benzene rings is 1. The Hall–Kier alpha value is -1.39. The van der Waals surface area contributed by atoms with Crippen molar-refractivity contribution in [3.05, 3.63) is 35.9 Å². The molecular weight excluding hydrogens is 336 g/mol. The molecule has 0 radical (unpaired) electrons. The third kappa shape index (κ3) is 4.07. The van der Waals surface area contributed by atoms with Gasteiger partial charge in [-0.1, -0.05) is 30.3 Å². The third-order valence-electron chi connectivity index (χ3n) is 7.07. The van der Waals surface area contributed by atoms with Crippen molar-refractivity contribution in [1.82, 2.24) is 9.80 Å². The van der Waals surface area contributed by atoms with E-state index in [0.29, 0.717) is 18.0 Å².